The first kappa shape index (κ1) is 15.5. The van der Waals surface area contributed by atoms with Crippen molar-refractivity contribution in [2.24, 2.45) is 0 Å². The van der Waals surface area contributed by atoms with Gasteiger partial charge in [0.2, 0.25) is 0 Å². The summed E-state index contributed by atoms with van der Waals surface area (Å²) in [4.78, 5) is 0. The van der Waals surface area contributed by atoms with E-state index in [0.29, 0.717) is 12.8 Å². The standard InChI is InChI=1S/C19H22O2/c1-15-7-5-6-10-19(15)17(14-18(21)11-12-20)13-16-8-3-2-4-9-16/h2-10,13,18,20-21H,11-12,14H2,1H3/b17-13+. The fraction of sp³-hybridized carbons (Fsp3) is 0.263. The molecular formula is C19H22O2. The summed E-state index contributed by atoms with van der Waals surface area (Å²) in [6.45, 7) is 2.08. The van der Waals surface area contributed by atoms with Crippen LogP contribution in [0.2, 0.25) is 0 Å². The van der Waals surface area contributed by atoms with Crippen LogP contribution in [0.15, 0.2) is 54.6 Å². The second kappa shape index (κ2) is 7.77. The Labute approximate surface area is 126 Å². The van der Waals surface area contributed by atoms with Crippen molar-refractivity contribution >= 4 is 11.6 Å². The van der Waals surface area contributed by atoms with E-state index in [1.807, 2.05) is 30.3 Å². The van der Waals surface area contributed by atoms with Crippen LogP contribution in [-0.2, 0) is 0 Å². The molecule has 0 heterocycles. The molecule has 0 aliphatic carbocycles. The summed E-state index contributed by atoms with van der Waals surface area (Å²) in [7, 11) is 0. The second-order valence-electron chi connectivity index (χ2n) is 5.27. The van der Waals surface area contributed by atoms with Crippen LogP contribution in [0.25, 0.3) is 11.6 Å². The molecule has 0 saturated carbocycles. The van der Waals surface area contributed by atoms with Gasteiger partial charge in [-0.05, 0) is 42.0 Å². The molecule has 21 heavy (non-hydrogen) atoms. The fourth-order valence-electron chi connectivity index (χ4n) is 2.44. The Morgan fingerprint density at radius 2 is 1.71 bits per heavy atom. The predicted molar refractivity (Wildman–Crippen MR) is 87.8 cm³/mol. The maximum absolute atomic E-state index is 10.0. The van der Waals surface area contributed by atoms with E-state index in [2.05, 4.69) is 37.3 Å². The molecule has 2 rings (SSSR count). The lowest BCUT2D eigenvalue weighted by Gasteiger charge is -2.15. The van der Waals surface area contributed by atoms with Crippen molar-refractivity contribution in [2.45, 2.75) is 25.9 Å². The minimum Gasteiger partial charge on any atom is -0.396 e. The lowest BCUT2D eigenvalue weighted by atomic mass is 9.93. The molecule has 0 aromatic heterocycles. The Bertz CT molecular complexity index is 588. The third-order valence-corrected chi connectivity index (χ3v) is 3.55. The summed E-state index contributed by atoms with van der Waals surface area (Å²) in [6.07, 6.45) is 2.53. The maximum atomic E-state index is 10.0. The van der Waals surface area contributed by atoms with Gasteiger partial charge in [0, 0.05) is 6.61 Å². The number of aliphatic hydroxyl groups excluding tert-OH is 2. The van der Waals surface area contributed by atoms with Gasteiger partial charge in [0.25, 0.3) is 0 Å². The third kappa shape index (κ3) is 4.55. The maximum Gasteiger partial charge on any atom is 0.0602 e. The summed E-state index contributed by atoms with van der Waals surface area (Å²) in [6, 6.07) is 18.3. The summed E-state index contributed by atoms with van der Waals surface area (Å²) in [5, 5.41) is 19.0. The molecule has 0 fully saturated rings. The molecule has 0 amide bonds. The van der Waals surface area contributed by atoms with Gasteiger partial charge in [0.1, 0.15) is 0 Å². The van der Waals surface area contributed by atoms with Crippen LogP contribution in [0, 0.1) is 6.92 Å². The molecule has 0 spiro atoms. The number of hydrogen-bond donors (Lipinski definition) is 2. The molecule has 2 nitrogen and oxygen atoms in total. The lowest BCUT2D eigenvalue weighted by Crippen LogP contribution is -2.09. The minimum atomic E-state index is -0.524. The Morgan fingerprint density at radius 3 is 2.38 bits per heavy atom. The minimum absolute atomic E-state index is 0.00750. The summed E-state index contributed by atoms with van der Waals surface area (Å²) < 4.78 is 0. The Hall–Kier alpha value is -1.90. The number of benzene rings is 2. The van der Waals surface area contributed by atoms with Gasteiger partial charge in [-0.25, -0.2) is 0 Å². The van der Waals surface area contributed by atoms with E-state index < -0.39 is 6.10 Å². The van der Waals surface area contributed by atoms with E-state index in [9.17, 15) is 5.11 Å². The van der Waals surface area contributed by atoms with E-state index in [-0.39, 0.29) is 6.61 Å². The highest BCUT2D eigenvalue weighted by atomic mass is 16.3. The molecule has 1 atom stereocenters. The molecule has 0 radical (unpaired) electrons. The van der Waals surface area contributed by atoms with E-state index in [1.165, 1.54) is 5.56 Å². The van der Waals surface area contributed by atoms with E-state index in [4.69, 9.17) is 5.11 Å². The van der Waals surface area contributed by atoms with Gasteiger partial charge < -0.3 is 10.2 Å². The van der Waals surface area contributed by atoms with Crippen LogP contribution in [0.3, 0.4) is 0 Å². The lowest BCUT2D eigenvalue weighted by molar-refractivity contribution is 0.137. The summed E-state index contributed by atoms with van der Waals surface area (Å²) in [5.74, 6) is 0. The zero-order chi connectivity index (χ0) is 15.1. The molecule has 0 bridgehead atoms. The first-order valence-electron chi connectivity index (χ1n) is 7.31. The number of aryl methyl sites for hydroxylation is 1. The molecule has 110 valence electrons. The van der Waals surface area contributed by atoms with Crippen molar-refractivity contribution in [3.63, 3.8) is 0 Å². The first-order chi connectivity index (χ1) is 10.2. The van der Waals surface area contributed by atoms with E-state index in [0.717, 1.165) is 16.7 Å². The molecule has 0 aliphatic heterocycles. The summed E-state index contributed by atoms with van der Waals surface area (Å²) >= 11 is 0. The van der Waals surface area contributed by atoms with Gasteiger partial charge in [-0.3, -0.25) is 0 Å². The molecule has 2 N–H and O–H groups in total. The molecule has 0 aliphatic rings. The van der Waals surface area contributed by atoms with Crippen LogP contribution < -0.4 is 0 Å². The van der Waals surface area contributed by atoms with Crippen LogP contribution in [0.5, 0.6) is 0 Å². The molecule has 2 aromatic carbocycles. The van der Waals surface area contributed by atoms with Crippen LogP contribution in [0.1, 0.15) is 29.5 Å². The number of rotatable bonds is 6. The predicted octanol–water partition coefficient (Wildman–Crippen LogP) is 3.67. The smallest absolute Gasteiger partial charge is 0.0602 e. The zero-order valence-corrected chi connectivity index (χ0v) is 12.4. The fourth-order valence-corrected chi connectivity index (χ4v) is 2.44. The van der Waals surface area contributed by atoms with Crippen molar-refractivity contribution in [3.8, 4) is 0 Å². The molecular weight excluding hydrogens is 260 g/mol. The largest absolute Gasteiger partial charge is 0.396 e. The average molecular weight is 282 g/mol. The van der Waals surface area contributed by atoms with Gasteiger partial charge in [0.15, 0.2) is 0 Å². The van der Waals surface area contributed by atoms with Gasteiger partial charge in [0.05, 0.1) is 6.10 Å². The topological polar surface area (TPSA) is 40.5 Å². The van der Waals surface area contributed by atoms with Crippen LogP contribution in [-0.4, -0.2) is 22.9 Å². The normalized spacial score (nSPS) is 13.2. The third-order valence-electron chi connectivity index (χ3n) is 3.55. The number of aliphatic hydroxyl groups is 2. The Kier molecular flexibility index (Phi) is 5.73. The average Bonchev–Trinajstić information content (AvgIpc) is 2.48. The molecule has 1 unspecified atom stereocenters. The highest BCUT2D eigenvalue weighted by Crippen LogP contribution is 2.26. The molecule has 2 heteroatoms. The van der Waals surface area contributed by atoms with Crippen molar-refractivity contribution in [3.05, 3.63) is 71.3 Å². The van der Waals surface area contributed by atoms with E-state index >= 15 is 0 Å². The zero-order valence-electron chi connectivity index (χ0n) is 12.4. The highest BCUT2D eigenvalue weighted by Gasteiger charge is 2.11. The van der Waals surface area contributed by atoms with E-state index in [1.54, 1.807) is 0 Å². The number of hydrogen-bond acceptors (Lipinski definition) is 2. The van der Waals surface area contributed by atoms with Gasteiger partial charge in [-0.15, -0.1) is 0 Å². The Morgan fingerprint density at radius 1 is 1.05 bits per heavy atom. The van der Waals surface area contributed by atoms with Gasteiger partial charge in [-0.2, -0.15) is 0 Å². The second-order valence-corrected chi connectivity index (χ2v) is 5.27. The van der Waals surface area contributed by atoms with Crippen molar-refractivity contribution in [2.75, 3.05) is 6.61 Å². The highest BCUT2D eigenvalue weighted by molar-refractivity contribution is 5.82. The van der Waals surface area contributed by atoms with Crippen molar-refractivity contribution < 1.29 is 10.2 Å². The van der Waals surface area contributed by atoms with Crippen molar-refractivity contribution in [1.29, 1.82) is 0 Å². The van der Waals surface area contributed by atoms with Gasteiger partial charge in [-0.1, -0.05) is 60.7 Å². The van der Waals surface area contributed by atoms with Gasteiger partial charge >= 0.3 is 0 Å². The SMILES string of the molecule is Cc1ccccc1/C(=C/c1ccccc1)CC(O)CCO. The quantitative estimate of drug-likeness (QED) is 0.794. The Balaban J connectivity index is 2.35. The van der Waals surface area contributed by atoms with Crippen LogP contribution in [0.4, 0.5) is 0 Å². The summed E-state index contributed by atoms with van der Waals surface area (Å²) in [5.41, 5.74) is 4.56. The first-order valence-corrected chi connectivity index (χ1v) is 7.31. The van der Waals surface area contributed by atoms with Crippen LogP contribution >= 0.6 is 0 Å². The monoisotopic (exact) mass is 282 g/mol. The van der Waals surface area contributed by atoms with Crippen molar-refractivity contribution in [1.82, 2.24) is 0 Å². The molecule has 2 aromatic rings. The molecule has 0 saturated heterocycles.